The summed E-state index contributed by atoms with van der Waals surface area (Å²) in [6.07, 6.45) is 2.37. The third kappa shape index (κ3) is 6.23. The molecule has 0 radical (unpaired) electrons. The first-order valence-electron chi connectivity index (χ1n) is 9.21. The number of benzene rings is 1. The third-order valence-electron chi connectivity index (χ3n) is 3.94. The fourth-order valence-corrected chi connectivity index (χ4v) is 3.53. The van der Waals surface area contributed by atoms with Gasteiger partial charge in [0.05, 0.1) is 5.75 Å². The van der Waals surface area contributed by atoms with Crippen molar-refractivity contribution in [3.63, 3.8) is 0 Å². The second kappa shape index (κ2) is 10.7. The van der Waals surface area contributed by atoms with Crippen molar-refractivity contribution < 1.29 is 9.59 Å². The highest BCUT2D eigenvalue weighted by Gasteiger charge is 2.19. The van der Waals surface area contributed by atoms with Gasteiger partial charge in [-0.1, -0.05) is 49.9 Å². The number of nitrogens with zero attached hydrogens (tertiary/aromatic N) is 4. The number of thioether (sulfide) groups is 1. The summed E-state index contributed by atoms with van der Waals surface area (Å²) in [4.78, 5) is 25.6. The number of aryl methyl sites for hydroxylation is 1. The molecule has 0 atom stereocenters. The Hall–Kier alpha value is -2.61. The molecule has 2 aromatic rings. The van der Waals surface area contributed by atoms with Gasteiger partial charge in [-0.3, -0.25) is 9.59 Å². The Morgan fingerprint density at radius 1 is 1.29 bits per heavy atom. The lowest BCUT2D eigenvalue weighted by Gasteiger charge is -2.21. The van der Waals surface area contributed by atoms with E-state index in [9.17, 15) is 9.59 Å². The highest BCUT2D eigenvalue weighted by Crippen LogP contribution is 2.22. The SMILES string of the molecule is C=CCN(C(=O)CSc1nnc(CCC(N)=O)n1CC(C)C)c1ccccc1. The van der Waals surface area contributed by atoms with Gasteiger partial charge >= 0.3 is 0 Å². The fraction of sp³-hybridized carbons (Fsp3) is 0.400. The number of rotatable bonds is 11. The second-order valence-corrected chi connectivity index (χ2v) is 7.73. The van der Waals surface area contributed by atoms with Crippen molar-refractivity contribution in [3.05, 3.63) is 48.8 Å². The minimum absolute atomic E-state index is 0.0334. The predicted octanol–water partition coefficient (Wildman–Crippen LogP) is 2.66. The zero-order valence-electron chi connectivity index (χ0n) is 16.4. The van der Waals surface area contributed by atoms with Crippen LogP contribution in [0.1, 0.15) is 26.1 Å². The van der Waals surface area contributed by atoms with Gasteiger partial charge < -0.3 is 15.2 Å². The topological polar surface area (TPSA) is 94.1 Å². The van der Waals surface area contributed by atoms with E-state index < -0.39 is 0 Å². The molecule has 0 aliphatic heterocycles. The van der Waals surface area contributed by atoms with Crippen LogP contribution in [0.25, 0.3) is 0 Å². The molecule has 1 aromatic heterocycles. The Morgan fingerprint density at radius 3 is 2.61 bits per heavy atom. The molecule has 0 unspecified atom stereocenters. The molecule has 28 heavy (non-hydrogen) atoms. The molecule has 7 nitrogen and oxygen atoms in total. The highest BCUT2D eigenvalue weighted by molar-refractivity contribution is 7.99. The van der Waals surface area contributed by atoms with E-state index in [1.165, 1.54) is 11.8 Å². The number of para-hydroxylation sites is 1. The van der Waals surface area contributed by atoms with Crippen LogP contribution in [0.4, 0.5) is 5.69 Å². The molecule has 0 aliphatic rings. The van der Waals surface area contributed by atoms with Crippen LogP contribution in [0, 0.1) is 5.92 Å². The summed E-state index contributed by atoms with van der Waals surface area (Å²) in [6, 6.07) is 9.51. The summed E-state index contributed by atoms with van der Waals surface area (Å²) >= 11 is 1.35. The first kappa shape index (κ1) is 21.7. The maximum Gasteiger partial charge on any atom is 0.237 e. The van der Waals surface area contributed by atoms with Crippen LogP contribution in [-0.4, -0.2) is 38.9 Å². The van der Waals surface area contributed by atoms with Crippen molar-refractivity contribution in [2.45, 2.75) is 38.4 Å². The molecule has 8 heteroatoms. The maximum absolute atomic E-state index is 12.8. The van der Waals surface area contributed by atoms with E-state index in [4.69, 9.17) is 5.73 Å². The van der Waals surface area contributed by atoms with Crippen molar-refractivity contribution in [2.75, 3.05) is 17.2 Å². The Labute approximate surface area is 170 Å². The zero-order valence-corrected chi connectivity index (χ0v) is 17.2. The van der Waals surface area contributed by atoms with Gasteiger partial charge in [-0.15, -0.1) is 16.8 Å². The van der Waals surface area contributed by atoms with E-state index in [1.54, 1.807) is 11.0 Å². The summed E-state index contributed by atoms with van der Waals surface area (Å²) in [5.41, 5.74) is 6.09. The summed E-state index contributed by atoms with van der Waals surface area (Å²) in [5.74, 6) is 0.920. The van der Waals surface area contributed by atoms with Crippen LogP contribution < -0.4 is 10.6 Å². The summed E-state index contributed by atoms with van der Waals surface area (Å²) in [7, 11) is 0. The van der Waals surface area contributed by atoms with Gasteiger partial charge in [-0.05, 0) is 18.1 Å². The molecule has 2 N–H and O–H groups in total. The van der Waals surface area contributed by atoms with E-state index in [-0.39, 0.29) is 24.0 Å². The quantitative estimate of drug-likeness (QED) is 0.461. The van der Waals surface area contributed by atoms with Crippen LogP contribution in [0.2, 0.25) is 0 Å². The fourth-order valence-electron chi connectivity index (χ4n) is 2.69. The molecule has 0 saturated carbocycles. The first-order valence-corrected chi connectivity index (χ1v) is 10.2. The molecule has 2 amide bonds. The standard InChI is InChI=1S/C20H27N5O2S/c1-4-12-24(16-8-6-5-7-9-16)19(27)14-28-20-23-22-18(11-10-17(21)26)25(20)13-15(2)3/h4-9,15H,1,10-14H2,2-3H3,(H2,21,26). The van der Waals surface area contributed by atoms with Crippen LogP contribution in [-0.2, 0) is 22.6 Å². The molecular formula is C20H27N5O2S. The molecule has 0 bridgehead atoms. The number of hydrogen-bond donors (Lipinski definition) is 1. The van der Waals surface area contributed by atoms with E-state index in [0.29, 0.717) is 36.4 Å². The molecule has 150 valence electrons. The molecule has 1 aromatic carbocycles. The first-order chi connectivity index (χ1) is 13.4. The molecule has 1 heterocycles. The number of primary amides is 1. The molecule has 0 fully saturated rings. The van der Waals surface area contributed by atoms with Gasteiger partial charge in [-0.25, -0.2) is 0 Å². The number of carbonyl (C=O) groups excluding carboxylic acids is 2. The molecular weight excluding hydrogens is 374 g/mol. The van der Waals surface area contributed by atoms with Crippen molar-refractivity contribution in [1.29, 1.82) is 0 Å². The normalized spacial score (nSPS) is 10.8. The number of aromatic nitrogens is 3. The zero-order chi connectivity index (χ0) is 20.5. The third-order valence-corrected chi connectivity index (χ3v) is 4.89. The summed E-state index contributed by atoms with van der Waals surface area (Å²) < 4.78 is 1.98. The van der Waals surface area contributed by atoms with Gasteiger partial charge in [0.2, 0.25) is 11.8 Å². The number of carbonyl (C=O) groups is 2. The smallest absolute Gasteiger partial charge is 0.237 e. The lowest BCUT2D eigenvalue weighted by atomic mass is 10.2. The van der Waals surface area contributed by atoms with Gasteiger partial charge in [0.15, 0.2) is 5.16 Å². The number of anilines is 1. The van der Waals surface area contributed by atoms with E-state index in [1.807, 2.05) is 34.9 Å². The lowest BCUT2D eigenvalue weighted by molar-refractivity contribution is -0.118. The van der Waals surface area contributed by atoms with Crippen molar-refractivity contribution >= 4 is 29.3 Å². The van der Waals surface area contributed by atoms with Gasteiger partial charge in [0.1, 0.15) is 5.82 Å². The molecule has 0 spiro atoms. The number of amides is 2. The van der Waals surface area contributed by atoms with Crippen molar-refractivity contribution in [2.24, 2.45) is 11.7 Å². The Morgan fingerprint density at radius 2 is 2.00 bits per heavy atom. The number of nitrogens with two attached hydrogens (primary N) is 1. The molecule has 0 saturated heterocycles. The molecule has 2 rings (SSSR count). The van der Waals surface area contributed by atoms with Crippen LogP contribution in [0.5, 0.6) is 0 Å². The van der Waals surface area contributed by atoms with Crippen LogP contribution in [0.3, 0.4) is 0 Å². The van der Waals surface area contributed by atoms with Crippen LogP contribution in [0.15, 0.2) is 48.1 Å². The number of hydrogen-bond acceptors (Lipinski definition) is 5. The van der Waals surface area contributed by atoms with Crippen LogP contribution >= 0.6 is 11.8 Å². The van der Waals surface area contributed by atoms with E-state index >= 15 is 0 Å². The average Bonchev–Trinajstić information content (AvgIpc) is 3.04. The van der Waals surface area contributed by atoms with Crippen molar-refractivity contribution in [3.8, 4) is 0 Å². The minimum Gasteiger partial charge on any atom is -0.370 e. The minimum atomic E-state index is -0.369. The largest absolute Gasteiger partial charge is 0.370 e. The summed E-state index contributed by atoms with van der Waals surface area (Å²) in [6.45, 7) is 9.09. The average molecular weight is 402 g/mol. The highest BCUT2D eigenvalue weighted by atomic mass is 32.2. The van der Waals surface area contributed by atoms with E-state index in [2.05, 4.69) is 30.6 Å². The lowest BCUT2D eigenvalue weighted by Crippen LogP contribution is -2.32. The van der Waals surface area contributed by atoms with Gasteiger partial charge in [-0.2, -0.15) is 0 Å². The van der Waals surface area contributed by atoms with Gasteiger partial charge in [0.25, 0.3) is 0 Å². The maximum atomic E-state index is 12.8. The predicted molar refractivity (Wildman–Crippen MR) is 112 cm³/mol. The summed E-state index contributed by atoms with van der Waals surface area (Å²) in [5, 5.41) is 9.11. The Bertz CT molecular complexity index is 804. The second-order valence-electron chi connectivity index (χ2n) is 6.79. The Balaban J connectivity index is 2.12. The molecule has 0 aliphatic carbocycles. The monoisotopic (exact) mass is 401 g/mol. The van der Waals surface area contributed by atoms with E-state index in [0.717, 1.165) is 5.69 Å². The van der Waals surface area contributed by atoms with Crippen molar-refractivity contribution in [1.82, 2.24) is 14.8 Å². The Kier molecular flexibility index (Phi) is 8.25. The van der Waals surface area contributed by atoms with Gasteiger partial charge in [0, 0.05) is 31.6 Å².